The van der Waals surface area contributed by atoms with Gasteiger partial charge in [-0.2, -0.15) is 5.26 Å². The predicted molar refractivity (Wildman–Crippen MR) is 99.4 cm³/mol. The van der Waals surface area contributed by atoms with E-state index in [9.17, 15) is 10.1 Å². The van der Waals surface area contributed by atoms with Gasteiger partial charge in [-0.15, -0.1) is 11.3 Å². The summed E-state index contributed by atoms with van der Waals surface area (Å²) >= 11 is 7.39. The van der Waals surface area contributed by atoms with Crippen LogP contribution in [0.4, 0.5) is 5.00 Å². The maximum Gasteiger partial charge on any atom is 0.249 e. The van der Waals surface area contributed by atoms with Gasteiger partial charge in [0.25, 0.3) is 0 Å². The van der Waals surface area contributed by atoms with Crippen molar-refractivity contribution in [2.24, 2.45) is 0 Å². The summed E-state index contributed by atoms with van der Waals surface area (Å²) in [5.74, 6) is -0.224. The van der Waals surface area contributed by atoms with Crippen molar-refractivity contribution < 1.29 is 4.79 Å². The Balaban J connectivity index is 1.75. The summed E-state index contributed by atoms with van der Waals surface area (Å²) < 4.78 is 0. The lowest BCUT2D eigenvalue weighted by Crippen LogP contribution is -2.07. The first-order chi connectivity index (χ1) is 11.7. The van der Waals surface area contributed by atoms with Crippen LogP contribution in [0, 0.1) is 11.3 Å². The lowest BCUT2D eigenvalue weighted by molar-refractivity contribution is -0.111. The molecular formula is C19H17ClN2OS. The van der Waals surface area contributed by atoms with Crippen LogP contribution in [0.5, 0.6) is 0 Å². The first kappa shape index (κ1) is 16.8. The molecule has 1 aliphatic carbocycles. The van der Waals surface area contributed by atoms with Gasteiger partial charge in [0.2, 0.25) is 5.91 Å². The molecule has 0 spiro atoms. The number of halogens is 1. The fourth-order valence-corrected chi connectivity index (χ4v) is 4.22. The molecule has 0 saturated carbocycles. The van der Waals surface area contributed by atoms with Crippen molar-refractivity contribution >= 4 is 39.9 Å². The highest BCUT2D eigenvalue weighted by Crippen LogP contribution is 2.36. The van der Waals surface area contributed by atoms with Crippen molar-refractivity contribution in [1.82, 2.24) is 0 Å². The molecule has 0 fully saturated rings. The summed E-state index contributed by atoms with van der Waals surface area (Å²) in [6, 6.07) is 9.53. The van der Waals surface area contributed by atoms with E-state index in [1.165, 1.54) is 17.4 Å². The Morgan fingerprint density at radius 2 is 1.96 bits per heavy atom. The average molecular weight is 357 g/mol. The highest BCUT2D eigenvalue weighted by atomic mass is 35.5. The van der Waals surface area contributed by atoms with Gasteiger partial charge >= 0.3 is 0 Å². The number of amides is 1. The van der Waals surface area contributed by atoms with Crippen LogP contribution in [-0.2, 0) is 17.6 Å². The van der Waals surface area contributed by atoms with E-state index in [1.807, 2.05) is 12.1 Å². The lowest BCUT2D eigenvalue weighted by Gasteiger charge is -2.01. The summed E-state index contributed by atoms with van der Waals surface area (Å²) in [5, 5.41) is 13.7. The summed E-state index contributed by atoms with van der Waals surface area (Å²) in [7, 11) is 0. The SMILES string of the molecule is N#Cc1c(NC(=O)/C=C/c2ccc(Cl)cc2)sc2c1CCCCC2. The Bertz CT molecular complexity index is 815. The molecule has 1 aliphatic rings. The van der Waals surface area contributed by atoms with Crippen LogP contribution < -0.4 is 5.32 Å². The maximum atomic E-state index is 12.2. The minimum absolute atomic E-state index is 0.224. The molecule has 5 heteroatoms. The molecule has 3 rings (SSSR count). The molecule has 1 heterocycles. The monoisotopic (exact) mass is 356 g/mol. The molecule has 0 atom stereocenters. The topological polar surface area (TPSA) is 52.9 Å². The highest BCUT2D eigenvalue weighted by Gasteiger charge is 2.20. The van der Waals surface area contributed by atoms with Gasteiger partial charge in [0.15, 0.2) is 0 Å². The van der Waals surface area contributed by atoms with Gasteiger partial charge in [-0.3, -0.25) is 4.79 Å². The number of anilines is 1. The van der Waals surface area contributed by atoms with Crippen LogP contribution >= 0.6 is 22.9 Å². The van der Waals surface area contributed by atoms with Crippen LogP contribution in [0.2, 0.25) is 5.02 Å². The van der Waals surface area contributed by atoms with E-state index in [0.717, 1.165) is 36.8 Å². The van der Waals surface area contributed by atoms with Crippen molar-refractivity contribution in [3.8, 4) is 6.07 Å². The second-order valence-corrected chi connectivity index (χ2v) is 7.30. The van der Waals surface area contributed by atoms with Crippen LogP contribution in [0.15, 0.2) is 30.3 Å². The lowest BCUT2D eigenvalue weighted by atomic mass is 10.1. The number of aryl methyl sites for hydroxylation is 1. The fourth-order valence-electron chi connectivity index (χ4n) is 2.85. The standard InChI is InChI=1S/C19H17ClN2OS/c20-14-9-6-13(7-10-14)8-11-18(23)22-19-16(12-21)15-4-2-1-3-5-17(15)24-19/h6-11H,1-5H2,(H,22,23)/b11-8+. The van der Waals surface area contributed by atoms with E-state index in [1.54, 1.807) is 29.5 Å². The van der Waals surface area contributed by atoms with Crippen molar-refractivity contribution in [3.63, 3.8) is 0 Å². The van der Waals surface area contributed by atoms with Crippen LogP contribution in [0.3, 0.4) is 0 Å². The third kappa shape index (κ3) is 3.87. The number of hydrogen-bond acceptors (Lipinski definition) is 3. The van der Waals surface area contributed by atoms with Gasteiger partial charge in [0.05, 0.1) is 5.56 Å². The number of thiophene rings is 1. The molecule has 0 saturated heterocycles. The molecule has 122 valence electrons. The molecule has 0 unspecified atom stereocenters. The number of nitrogens with zero attached hydrogens (tertiary/aromatic N) is 1. The number of nitriles is 1. The third-order valence-corrected chi connectivity index (χ3v) is 5.53. The summed E-state index contributed by atoms with van der Waals surface area (Å²) in [6.07, 6.45) is 8.63. The zero-order valence-corrected chi connectivity index (χ0v) is 14.7. The van der Waals surface area contributed by atoms with Crippen molar-refractivity contribution in [1.29, 1.82) is 5.26 Å². The van der Waals surface area contributed by atoms with Crippen molar-refractivity contribution in [3.05, 3.63) is 56.9 Å². The van der Waals surface area contributed by atoms with E-state index >= 15 is 0 Å². The Morgan fingerprint density at radius 1 is 1.21 bits per heavy atom. The number of rotatable bonds is 3. The summed E-state index contributed by atoms with van der Waals surface area (Å²) in [6.45, 7) is 0. The molecule has 0 radical (unpaired) electrons. The summed E-state index contributed by atoms with van der Waals surface area (Å²) in [4.78, 5) is 13.4. The number of carbonyl (C=O) groups excluding carboxylic acids is 1. The van der Waals surface area contributed by atoms with Gasteiger partial charge in [0.1, 0.15) is 11.1 Å². The van der Waals surface area contributed by atoms with E-state index in [4.69, 9.17) is 11.6 Å². The Kier molecular flexibility index (Phi) is 5.34. The molecule has 0 bridgehead atoms. The molecule has 1 N–H and O–H groups in total. The maximum absolute atomic E-state index is 12.2. The molecule has 24 heavy (non-hydrogen) atoms. The van der Waals surface area contributed by atoms with Gasteiger partial charge in [0, 0.05) is 16.0 Å². The molecule has 3 nitrogen and oxygen atoms in total. The van der Waals surface area contributed by atoms with Crippen molar-refractivity contribution in [2.45, 2.75) is 32.1 Å². The minimum Gasteiger partial charge on any atom is -0.313 e. The zero-order chi connectivity index (χ0) is 16.9. The molecule has 1 amide bonds. The van der Waals surface area contributed by atoms with Crippen LogP contribution in [-0.4, -0.2) is 5.91 Å². The molecule has 2 aromatic rings. The van der Waals surface area contributed by atoms with Crippen LogP contribution in [0.1, 0.15) is 40.8 Å². The number of fused-ring (bicyclic) bond motifs is 1. The Hall–Kier alpha value is -2.09. The van der Waals surface area contributed by atoms with Gasteiger partial charge < -0.3 is 5.32 Å². The molecule has 1 aromatic carbocycles. The van der Waals surface area contributed by atoms with Crippen molar-refractivity contribution in [2.75, 3.05) is 5.32 Å². The van der Waals surface area contributed by atoms with E-state index in [2.05, 4.69) is 11.4 Å². The summed E-state index contributed by atoms with van der Waals surface area (Å²) in [5.41, 5.74) is 2.68. The number of carbonyl (C=O) groups is 1. The van der Waals surface area contributed by atoms with E-state index in [-0.39, 0.29) is 5.91 Å². The average Bonchev–Trinajstić information content (AvgIpc) is 2.74. The number of benzene rings is 1. The van der Waals surface area contributed by atoms with E-state index < -0.39 is 0 Å². The predicted octanol–water partition coefficient (Wildman–Crippen LogP) is 5.19. The second-order valence-electron chi connectivity index (χ2n) is 5.75. The first-order valence-corrected chi connectivity index (χ1v) is 9.16. The first-order valence-electron chi connectivity index (χ1n) is 7.96. The third-order valence-electron chi connectivity index (χ3n) is 4.07. The molecular weight excluding hydrogens is 340 g/mol. The van der Waals surface area contributed by atoms with Gasteiger partial charge in [-0.1, -0.05) is 30.2 Å². The minimum atomic E-state index is -0.224. The normalized spacial score (nSPS) is 14.0. The van der Waals surface area contributed by atoms with Gasteiger partial charge in [-0.05, 0) is 55.0 Å². The molecule has 1 aromatic heterocycles. The zero-order valence-electron chi connectivity index (χ0n) is 13.1. The number of nitrogens with one attached hydrogen (secondary N) is 1. The van der Waals surface area contributed by atoms with Gasteiger partial charge in [-0.25, -0.2) is 0 Å². The quantitative estimate of drug-likeness (QED) is 0.607. The highest BCUT2D eigenvalue weighted by molar-refractivity contribution is 7.16. The Morgan fingerprint density at radius 3 is 2.71 bits per heavy atom. The number of hydrogen-bond donors (Lipinski definition) is 1. The van der Waals surface area contributed by atoms with E-state index in [0.29, 0.717) is 15.6 Å². The fraction of sp³-hybridized carbons (Fsp3) is 0.263. The Labute approximate surface area is 150 Å². The second kappa shape index (κ2) is 7.65. The molecule has 0 aliphatic heterocycles. The smallest absolute Gasteiger partial charge is 0.249 e. The van der Waals surface area contributed by atoms with Crippen LogP contribution in [0.25, 0.3) is 6.08 Å². The largest absolute Gasteiger partial charge is 0.313 e.